The summed E-state index contributed by atoms with van der Waals surface area (Å²) >= 11 is 13.0. The Morgan fingerprint density at radius 3 is 2.87 bits per heavy atom. The Balaban J connectivity index is 1.60. The normalized spacial score (nSPS) is 25.7. The number of rotatable bonds is 4. The van der Waals surface area contributed by atoms with Crippen LogP contribution < -0.4 is 10.3 Å². The van der Waals surface area contributed by atoms with Crippen molar-refractivity contribution in [1.82, 2.24) is 5.43 Å². The molecule has 2 heterocycles. The van der Waals surface area contributed by atoms with Crippen molar-refractivity contribution in [3.8, 4) is 0 Å². The van der Waals surface area contributed by atoms with Gasteiger partial charge in [-0.3, -0.25) is 15.1 Å². The van der Waals surface area contributed by atoms with E-state index < -0.39 is 10.7 Å². The highest BCUT2D eigenvalue weighted by atomic mass is 79.9. The largest absolute Gasteiger partial charge is 0.480 e. The number of carboxylic acids is 1. The molecule has 4 rings (SSSR count). The number of nitrogens with zero attached hydrogens (tertiary/aromatic N) is 2. The van der Waals surface area contributed by atoms with Gasteiger partial charge in [0.15, 0.2) is 10.2 Å². The Labute approximate surface area is 155 Å². The lowest BCUT2D eigenvalue weighted by Gasteiger charge is -2.37. The number of halogens is 2. The second kappa shape index (κ2) is 5.82. The van der Waals surface area contributed by atoms with Crippen LogP contribution in [0.25, 0.3) is 0 Å². The number of hydrogen-bond acceptors (Lipinski definition) is 6. The Hall–Kier alpha value is -0.440. The number of carbonyl (C=O) groups is 1. The first-order valence-corrected chi connectivity index (χ1v) is 10.4. The lowest BCUT2D eigenvalue weighted by atomic mass is 9.84. The first-order valence-electron chi connectivity index (χ1n) is 7.48. The average molecular weight is 437 g/mol. The van der Waals surface area contributed by atoms with Gasteiger partial charge in [-0.1, -0.05) is 23.4 Å². The monoisotopic (exact) mass is 435 g/mol. The molecule has 2 fully saturated rings. The average Bonchev–Trinajstić information content (AvgIpc) is 3.13. The van der Waals surface area contributed by atoms with Gasteiger partial charge in [-0.15, -0.1) is 11.3 Å². The molecular formula is C14H15BrClN3O2S2. The molecule has 0 spiro atoms. The molecule has 0 bridgehead atoms. The van der Waals surface area contributed by atoms with E-state index in [0.717, 1.165) is 16.4 Å². The van der Waals surface area contributed by atoms with Crippen LogP contribution in [0.5, 0.6) is 0 Å². The molecule has 1 aromatic rings. The fourth-order valence-electron chi connectivity index (χ4n) is 2.74. The summed E-state index contributed by atoms with van der Waals surface area (Å²) in [5.74, 6) is -0.159. The Bertz CT molecular complexity index is 688. The zero-order valence-electron chi connectivity index (χ0n) is 12.1. The predicted octanol–water partition coefficient (Wildman–Crippen LogP) is 4.38. The minimum atomic E-state index is -0.752. The lowest BCUT2D eigenvalue weighted by molar-refractivity contribution is -0.142. The fourth-order valence-corrected chi connectivity index (χ4v) is 6.61. The lowest BCUT2D eigenvalue weighted by Crippen LogP contribution is -2.45. The third kappa shape index (κ3) is 2.77. The summed E-state index contributed by atoms with van der Waals surface area (Å²) in [6, 6.07) is 1.96. The van der Waals surface area contributed by atoms with E-state index in [2.05, 4.69) is 26.5 Å². The highest BCUT2D eigenvalue weighted by molar-refractivity contribution is 9.09. The summed E-state index contributed by atoms with van der Waals surface area (Å²) in [6.07, 6.45) is 4.73. The van der Waals surface area contributed by atoms with Crippen LogP contribution in [0, 0.1) is 0 Å². The highest BCUT2D eigenvalue weighted by Gasteiger charge is 2.48. The van der Waals surface area contributed by atoms with Gasteiger partial charge in [-0.05, 0) is 60.0 Å². The molecule has 0 aromatic carbocycles. The maximum atomic E-state index is 11.6. The van der Waals surface area contributed by atoms with Crippen LogP contribution in [0.3, 0.4) is 0 Å². The molecule has 5 nitrogen and oxygen atoms in total. The van der Waals surface area contributed by atoms with Crippen LogP contribution in [0.4, 0.5) is 5.00 Å². The Morgan fingerprint density at radius 2 is 2.30 bits per heavy atom. The summed E-state index contributed by atoms with van der Waals surface area (Å²) < 4.78 is -0.740. The third-order valence-corrected chi connectivity index (χ3v) is 8.20. The summed E-state index contributed by atoms with van der Waals surface area (Å²) in [4.78, 5) is 14.9. The van der Waals surface area contributed by atoms with Crippen molar-refractivity contribution in [2.45, 2.75) is 47.8 Å². The van der Waals surface area contributed by atoms with Crippen molar-refractivity contribution < 1.29 is 9.90 Å². The van der Waals surface area contributed by atoms with Crippen LogP contribution >= 0.6 is 50.6 Å². The number of carboxylic acid groups (broad SMARTS) is 1. The van der Waals surface area contributed by atoms with Gasteiger partial charge < -0.3 is 5.11 Å². The van der Waals surface area contributed by atoms with Crippen molar-refractivity contribution in [2.24, 2.45) is 5.10 Å². The number of nitrogens with one attached hydrogen (secondary N) is 1. The van der Waals surface area contributed by atoms with Gasteiger partial charge in [0, 0.05) is 4.88 Å². The molecule has 1 aromatic heterocycles. The smallest absolute Gasteiger partial charge is 0.320 e. The van der Waals surface area contributed by atoms with Crippen LogP contribution in [-0.2, 0) is 4.79 Å². The number of aliphatic carboxylic acids is 1. The second-order valence-electron chi connectivity index (χ2n) is 6.06. The van der Waals surface area contributed by atoms with Gasteiger partial charge in [-0.25, -0.2) is 0 Å². The molecule has 1 unspecified atom stereocenters. The van der Waals surface area contributed by atoms with Gasteiger partial charge in [-0.2, -0.15) is 5.10 Å². The molecule has 2 saturated carbocycles. The zero-order valence-corrected chi connectivity index (χ0v) is 16.1. The van der Waals surface area contributed by atoms with Crippen LogP contribution in [-0.4, -0.2) is 26.1 Å². The minimum absolute atomic E-state index is 0.183. The number of hydrazone groups is 1. The van der Waals surface area contributed by atoms with Crippen molar-refractivity contribution in [2.75, 3.05) is 4.90 Å². The first kappa shape index (κ1) is 16.1. The Kier molecular flexibility index (Phi) is 4.06. The van der Waals surface area contributed by atoms with Crippen molar-refractivity contribution in [1.29, 1.82) is 0 Å². The molecule has 1 aliphatic heterocycles. The van der Waals surface area contributed by atoms with E-state index >= 15 is 0 Å². The molecule has 3 aliphatic rings. The SMILES string of the molecule is O=C(O)C1(SC2=NNC(Br)N2c2cc(Cl)c(C3CC3)s2)CCC1. The van der Waals surface area contributed by atoms with Crippen molar-refractivity contribution in [3.05, 3.63) is 16.0 Å². The summed E-state index contributed by atoms with van der Waals surface area (Å²) in [5, 5.41) is 16.2. The quantitative estimate of drug-likeness (QED) is 0.542. The van der Waals surface area contributed by atoms with Gasteiger partial charge >= 0.3 is 5.97 Å². The molecule has 2 aliphatic carbocycles. The number of anilines is 1. The first-order chi connectivity index (χ1) is 11.0. The van der Waals surface area contributed by atoms with E-state index in [4.69, 9.17) is 11.6 Å². The van der Waals surface area contributed by atoms with Crippen LogP contribution in [0.2, 0.25) is 5.02 Å². The zero-order chi connectivity index (χ0) is 16.2. The van der Waals surface area contributed by atoms with E-state index in [0.29, 0.717) is 23.9 Å². The predicted molar refractivity (Wildman–Crippen MR) is 98.9 cm³/mol. The summed E-state index contributed by atoms with van der Waals surface area (Å²) in [7, 11) is 0. The molecular weight excluding hydrogens is 422 g/mol. The third-order valence-electron chi connectivity index (χ3n) is 4.42. The molecule has 1 atom stereocenters. The number of thiophene rings is 1. The second-order valence-corrected chi connectivity index (χ2v) is 9.74. The maximum Gasteiger partial charge on any atom is 0.320 e. The molecule has 23 heavy (non-hydrogen) atoms. The van der Waals surface area contributed by atoms with Crippen LogP contribution in [0.1, 0.15) is 42.9 Å². The minimum Gasteiger partial charge on any atom is -0.480 e. The molecule has 9 heteroatoms. The van der Waals surface area contributed by atoms with Crippen molar-refractivity contribution >= 4 is 66.8 Å². The van der Waals surface area contributed by atoms with Crippen molar-refractivity contribution in [3.63, 3.8) is 0 Å². The fraction of sp³-hybridized carbons (Fsp3) is 0.571. The van der Waals surface area contributed by atoms with Gasteiger partial charge in [0.2, 0.25) is 0 Å². The number of hydrogen-bond donors (Lipinski definition) is 2. The topological polar surface area (TPSA) is 64.9 Å². The molecule has 0 radical (unpaired) electrons. The summed E-state index contributed by atoms with van der Waals surface area (Å²) in [5.41, 5.74) is 2.98. The van der Waals surface area contributed by atoms with Gasteiger partial charge in [0.05, 0.1) is 5.02 Å². The van der Waals surface area contributed by atoms with E-state index in [1.165, 1.54) is 29.5 Å². The molecule has 0 amide bonds. The van der Waals surface area contributed by atoms with Gasteiger partial charge in [0.25, 0.3) is 0 Å². The summed E-state index contributed by atoms with van der Waals surface area (Å²) in [6.45, 7) is 0. The van der Waals surface area contributed by atoms with E-state index in [1.54, 1.807) is 11.3 Å². The molecule has 124 valence electrons. The number of thioether (sulfide) groups is 1. The van der Waals surface area contributed by atoms with Crippen LogP contribution in [0.15, 0.2) is 11.2 Å². The number of alkyl halides is 1. The van der Waals surface area contributed by atoms with E-state index in [-0.39, 0.29) is 5.08 Å². The molecule has 2 N–H and O–H groups in total. The highest BCUT2D eigenvalue weighted by Crippen LogP contribution is 2.51. The van der Waals surface area contributed by atoms with E-state index in [1.807, 2.05) is 11.0 Å². The number of amidine groups is 1. The van der Waals surface area contributed by atoms with Gasteiger partial charge in [0.1, 0.15) is 9.75 Å². The maximum absolute atomic E-state index is 11.6. The van der Waals surface area contributed by atoms with E-state index in [9.17, 15) is 9.90 Å². The Morgan fingerprint density at radius 1 is 1.57 bits per heavy atom. The molecule has 0 saturated heterocycles. The standard InChI is InChI=1S/C14H15BrClN3O2S2/c15-12-17-18-13(23-14(11(20)21)4-1-5-14)19(12)9-6-8(16)10(22-9)7-2-3-7/h6-7,12,17H,1-5H2,(H,20,21).